The maximum atomic E-state index is 12.0. The second kappa shape index (κ2) is 23.7. The van der Waals surface area contributed by atoms with Crippen molar-refractivity contribution >= 4 is 5.78 Å². The molecule has 0 N–H and O–H groups in total. The normalized spacial score (nSPS) is 13.6. The Hall–Kier alpha value is -0.450. The third-order valence-electron chi connectivity index (χ3n) is 6.69. The Morgan fingerprint density at radius 1 is 0.750 bits per heavy atom. The number of carbonyl (C=O) groups excluding carboxylic acids is 1. The smallest absolute Gasteiger partial charge is 0.158 e. The summed E-state index contributed by atoms with van der Waals surface area (Å²) in [6.45, 7) is 5.19. The SMILES string of the molecule is CCCCCCCCCCCCCCCCCCC(=O)COCC(CC(C)N(C)C)OC. The van der Waals surface area contributed by atoms with Crippen molar-refractivity contribution in [3.63, 3.8) is 0 Å². The quantitative estimate of drug-likeness (QED) is 0.133. The number of rotatable bonds is 25. The van der Waals surface area contributed by atoms with Gasteiger partial charge in [0.15, 0.2) is 5.78 Å². The van der Waals surface area contributed by atoms with Gasteiger partial charge in [-0.15, -0.1) is 0 Å². The summed E-state index contributed by atoms with van der Waals surface area (Å²) in [4.78, 5) is 14.2. The van der Waals surface area contributed by atoms with Crippen molar-refractivity contribution < 1.29 is 14.3 Å². The molecule has 0 rings (SSSR count). The van der Waals surface area contributed by atoms with Crippen molar-refractivity contribution in [1.29, 1.82) is 0 Å². The molecule has 0 aliphatic rings. The van der Waals surface area contributed by atoms with E-state index in [4.69, 9.17) is 9.47 Å². The number of unbranched alkanes of at least 4 members (excludes halogenated alkanes) is 15. The molecule has 0 saturated carbocycles. The summed E-state index contributed by atoms with van der Waals surface area (Å²) in [7, 11) is 5.86. The molecule has 2 atom stereocenters. The minimum atomic E-state index is 0.0516. The molecule has 2 unspecified atom stereocenters. The van der Waals surface area contributed by atoms with E-state index in [1.54, 1.807) is 7.11 Å². The number of Topliss-reactive ketones (excluding diaryl/α,β-unsaturated/α-hetero) is 1. The van der Waals surface area contributed by atoms with Gasteiger partial charge in [0.25, 0.3) is 0 Å². The zero-order chi connectivity index (χ0) is 23.9. The molecule has 4 heteroatoms. The average molecular weight is 456 g/mol. The van der Waals surface area contributed by atoms with Gasteiger partial charge in [0, 0.05) is 19.6 Å². The average Bonchev–Trinajstić information content (AvgIpc) is 2.77. The third kappa shape index (κ3) is 21.4. The van der Waals surface area contributed by atoms with Gasteiger partial charge in [-0.25, -0.2) is 0 Å². The van der Waals surface area contributed by atoms with Crippen LogP contribution in [0.2, 0.25) is 0 Å². The minimum Gasteiger partial charge on any atom is -0.379 e. The number of nitrogens with zero attached hydrogens (tertiary/aromatic N) is 1. The molecule has 0 bridgehead atoms. The largest absolute Gasteiger partial charge is 0.379 e. The van der Waals surface area contributed by atoms with Crippen LogP contribution in [-0.4, -0.2) is 57.2 Å². The Kier molecular flexibility index (Phi) is 23.4. The highest BCUT2D eigenvalue weighted by Crippen LogP contribution is 2.14. The molecule has 0 heterocycles. The molecule has 0 amide bonds. The lowest BCUT2D eigenvalue weighted by Crippen LogP contribution is -2.32. The maximum absolute atomic E-state index is 12.0. The molecule has 192 valence electrons. The zero-order valence-electron chi connectivity index (χ0n) is 22.5. The van der Waals surface area contributed by atoms with Crippen molar-refractivity contribution in [3.8, 4) is 0 Å². The molecular formula is C28H57NO3. The van der Waals surface area contributed by atoms with Gasteiger partial charge in [-0.1, -0.05) is 103 Å². The van der Waals surface area contributed by atoms with Crippen molar-refractivity contribution in [2.75, 3.05) is 34.4 Å². The lowest BCUT2D eigenvalue weighted by Gasteiger charge is -2.24. The van der Waals surface area contributed by atoms with E-state index in [2.05, 4.69) is 32.8 Å². The fraction of sp³-hybridized carbons (Fsp3) is 0.964. The highest BCUT2D eigenvalue weighted by molar-refractivity contribution is 5.79. The lowest BCUT2D eigenvalue weighted by atomic mass is 10.0. The van der Waals surface area contributed by atoms with Crippen molar-refractivity contribution in [2.45, 2.75) is 142 Å². The Morgan fingerprint density at radius 2 is 1.19 bits per heavy atom. The predicted octanol–water partition coefficient (Wildman–Crippen LogP) is 7.58. The van der Waals surface area contributed by atoms with E-state index in [-0.39, 0.29) is 18.5 Å². The van der Waals surface area contributed by atoms with Gasteiger partial charge >= 0.3 is 0 Å². The monoisotopic (exact) mass is 455 g/mol. The summed E-state index contributed by atoms with van der Waals surface area (Å²) >= 11 is 0. The molecule has 4 nitrogen and oxygen atoms in total. The molecule has 0 aromatic rings. The van der Waals surface area contributed by atoms with Crippen LogP contribution in [0.4, 0.5) is 0 Å². The Balaban J connectivity index is 3.37. The maximum Gasteiger partial charge on any atom is 0.158 e. The van der Waals surface area contributed by atoms with E-state index < -0.39 is 0 Å². The van der Waals surface area contributed by atoms with Crippen LogP contribution >= 0.6 is 0 Å². The number of carbonyl (C=O) groups is 1. The molecule has 0 saturated heterocycles. The molecule has 0 aromatic carbocycles. The van der Waals surface area contributed by atoms with Crippen molar-refractivity contribution in [2.24, 2.45) is 0 Å². The number of hydrogen-bond acceptors (Lipinski definition) is 4. The van der Waals surface area contributed by atoms with Crippen LogP contribution in [0.25, 0.3) is 0 Å². The van der Waals surface area contributed by atoms with Crippen LogP contribution in [0.1, 0.15) is 129 Å². The van der Waals surface area contributed by atoms with Crippen LogP contribution in [0.15, 0.2) is 0 Å². The topological polar surface area (TPSA) is 38.8 Å². The highest BCUT2D eigenvalue weighted by Gasteiger charge is 2.15. The zero-order valence-corrected chi connectivity index (χ0v) is 22.5. The van der Waals surface area contributed by atoms with Gasteiger partial charge in [0.1, 0.15) is 6.61 Å². The van der Waals surface area contributed by atoms with Crippen LogP contribution < -0.4 is 0 Å². The van der Waals surface area contributed by atoms with Crippen molar-refractivity contribution in [3.05, 3.63) is 0 Å². The molecule has 0 aliphatic heterocycles. The van der Waals surface area contributed by atoms with Gasteiger partial charge in [-0.2, -0.15) is 0 Å². The van der Waals surface area contributed by atoms with E-state index in [9.17, 15) is 4.79 Å². The standard InChI is InChI=1S/C28H57NO3/c1-6-7-8-9-10-11-12-13-14-15-16-17-18-19-20-21-22-27(30)24-32-25-28(31-5)23-26(2)29(3)4/h26,28H,6-25H2,1-5H3. The summed E-state index contributed by atoms with van der Waals surface area (Å²) in [5.74, 6) is 0.228. The Labute approximate surface area is 201 Å². The fourth-order valence-corrected chi connectivity index (χ4v) is 4.07. The lowest BCUT2D eigenvalue weighted by molar-refractivity contribution is -0.125. The molecule has 32 heavy (non-hydrogen) atoms. The molecule has 0 aromatic heterocycles. The number of methoxy groups -OCH3 is 1. The second-order valence-electron chi connectivity index (χ2n) is 10.0. The summed E-state index contributed by atoms with van der Waals surface area (Å²) < 4.78 is 11.1. The van der Waals surface area contributed by atoms with E-state index in [0.717, 1.165) is 12.8 Å². The predicted molar refractivity (Wildman–Crippen MR) is 139 cm³/mol. The Bertz CT molecular complexity index is 400. The summed E-state index contributed by atoms with van der Waals surface area (Å²) in [5, 5.41) is 0. The molecule has 0 fully saturated rings. The van der Waals surface area contributed by atoms with E-state index in [0.29, 0.717) is 19.1 Å². The highest BCUT2D eigenvalue weighted by atomic mass is 16.5. The minimum absolute atomic E-state index is 0.0516. The van der Waals surface area contributed by atoms with E-state index >= 15 is 0 Å². The van der Waals surface area contributed by atoms with Gasteiger partial charge in [0.2, 0.25) is 0 Å². The third-order valence-corrected chi connectivity index (χ3v) is 6.69. The first-order valence-corrected chi connectivity index (χ1v) is 13.8. The first kappa shape index (κ1) is 31.6. The second-order valence-corrected chi connectivity index (χ2v) is 10.0. The molecule has 0 radical (unpaired) electrons. The first-order chi connectivity index (χ1) is 15.5. The van der Waals surface area contributed by atoms with Crippen LogP contribution in [0.5, 0.6) is 0 Å². The Morgan fingerprint density at radius 3 is 1.59 bits per heavy atom. The molecular weight excluding hydrogens is 398 g/mol. The molecule has 0 aliphatic carbocycles. The van der Waals surface area contributed by atoms with Gasteiger partial charge in [-0.3, -0.25) is 4.79 Å². The molecule has 0 spiro atoms. The van der Waals surface area contributed by atoms with Gasteiger partial charge < -0.3 is 14.4 Å². The number of ketones is 1. The van der Waals surface area contributed by atoms with E-state index in [1.807, 2.05) is 0 Å². The van der Waals surface area contributed by atoms with Gasteiger partial charge in [0.05, 0.1) is 12.7 Å². The summed E-state index contributed by atoms with van der Waals surface area (Å²) in [6.07, 6.45) is 23.3. The van der Waals surface area contributed by atoms with Crippen LogP contribution in [0.3, 0.4) is 0 Å². The fourth-order valence-electron chi connectivity index (χ4n) is 4.07. The summed E-state index contributed by atoms with van der Waals surface area (Å²) in [5.41, 5.74) is 0. The van der Waals surface area contributed by atoms with Crippen LogP contribution in [0, 0.1) is 0 Å². The van der Waals surface area contributed by atoms with E-state index in [1.165, 1.54) is 96.3 Å². The first-order valence-electron chi connectivity index (χ1n) is 13.8. The van der Waals surface area contributed by atoms with Crippen molar-refractivity contribution in [1.82, 2.24) is 4.90 Å². The summed E-state index contributed by atoms with van der Waals surface area (Å²) in [6, 6.07) is 0.435. The number of ether oxygens (including phenoxy) is 2. The van der Waals surface area contributed by atoms with Gasteiger partial charge in [-0.05, 0) is 33.9 Å². The van der Waals surface area contributed by atoms with Crippen LogP contribution in [-0.2, 0) is 14.3 Å². The number of hydrogen-bond donors (Lipinski definition) is 0.